The van der Waals surface area contributed by atoms with Gasteiger partial charge in [0.2, 0.25) is 11.8 Å². The third-order valence-electron chi connectivity index (χ3n) is 1.21. The van der Waals surface area contributed by atoms with Gasteiger partial charge >= 0.3 is 0 Å². The molecule has 1 aliphatic heterocycles. The van der Waals surface area contributed by atoms with Crippen molar-refractivity contribution in [1.29, 1.82) is 0 Å². The fourth-order valence-corrected chi connectivity index (χ4v) is 1.68. The van der Waals surface area contributed by atoms with E-state index in [0.717, 1.165) is 0 Å². The molecule has 0 aliphatic carbocycles. The second-order valence-electron chi connectivity index (χ2n) is 2.01. The van der Waals surface area contributed by atoms with Gasteiger partial charge in [0.15, 0.2) is 0 Å². The van der Waals surface area contributed by atoms with Crippen molar-refractivity contribution < 1.29 is 9.59 Å². The van der Waals surface area contributed by atoms with E-state index in [1.165, 1.54) is 11.8 Å². The molecule has 4 nitrogen and oxygen atoms in total. The first-order valence-corrected chi connectivity index (χ1v) is 3.92. The van der Waals surface area contributed by atoms with Gasteiger partial charge in [-0.25, -0.2) is 0 Å². The zero-order valence-corrected chi connectivity index (χ0v) is 6.11. The average molecular weight is 160 g/mol. The lowest BCUT2D eigenvalue weighted by molar-refractivity contribution is -0.123. The average Bonchev–Trinajstić information content (AvgIpc) is 2.15. The van der Waals surface area contributed by atoms with Crippen LogP contribution in [0.4, 0.5) is 0 Å². The minimum atomic E-state index is -0.422. The molecule has 0 aromatic rings. The highest BCUT2D eigenvalue weighted by Gasteiger charge is 2.25. The van der Waals surface area contributed by atoms with E-state index in [1.807, 2.05) is 0 Å². The van der Waals surface area contributed by atoms with E-state index in [9.17, 15) is 9.59 Å². The standard InChI is InChI=1S/C5H8N2O2S/c6-4(8)1-3-5(9)7-2-10-3/h3H,1-2H2,(H2,6,8)(H,7,9)/t3-/m1/s1. The van der Waals surface area contributed by atoms with Gasteiger partial charge in [-0.3, -0.25) is 9.59 Å². The van der Waals surface area contributed by atoms with Gasteiger partial charge in [0.05, 0.1) is 11.1 Å². The van der Waals surface area contributed by atoms with E-state index in [1.54, 1.807) is 0 Å². The summed E-state index contributed by atoms with van der Waals surface area (Å²) in [6.45, 7) is 0. The Labute approximate surface area is 62.5 Å². The van der Waals surface area contributed by atoms with Gasteiger partial charge in [0.1, 0.15) is 0 Å². The molecule has 3 N–H and O–H groups in total. The van der Waals surface area contributed by atoms with Crippen molar-refractivity contribution in [3.8, 4) is 0 Å². The lowest BCUT2D eigenvalue weighted by Gasteiger charge is -1.99. The summed E-state index contributed by atoms with van der Waals surface area (Å²) in [6, 6.07) is 0. The number of carbonyl (C=O) groups excluding carboxylic acids is 2. The number of amides is 2. The number of hydrogen-bond acceptors (Lipinski definition) is 3. The topological polar surface area (TPSA) is 72.2 Å². The molecule has 1 heterocycles. The van der Waals surface area contributed by atoms with Gasteiger partial charge in [-0.05, 0) is 0 Å². The molecule has 0 radical (unpaired) electrons. The number of thioether (sulfide) groups is 1. The van der Waals surface area contributed by atoms with Crippen LogP contribution in [-0.2, 0) is 9.59 Å². The summed E-state index contributed by atoms with van der Waals surface area (Å²) < 4.78 is 0. The first kappa shape index (κ1) is 7.40. The lowest BCUT2D eigenvalue weighted by Crippen LogP contribution is -2.27. The monoisotopic (exact) mass is 160 g/mol. The minimum absolute atomic E-state index is 0.0798. The highest BCUT2D eigenvalue weighted by Crippen LogP contribution is 2.18. The number of nitrogens with two attached hydrogens (primary N) is 1. The number of primary amides is 1. The predicted molar refractivity (Wildman–Crippen MR) is 38.2 cm³/mol. The van der Waals surface area contributed by atoms with Crippen LogP contribution in [0.25, 0.3) is 0 Å². The van der Waals surface area contributed by atoms with Crippen molar-refractivity contribution in [3.63, 3.8) is 0 Å². The van der Waals surface area contributed by atoms with Crippen molar-refractivity contribution in [2.45, 2.75) is 11.7 Å². The van der Waals surface area contributed by atoms with Gasteiger partial charge < -0.3 is 11.1 Å². The van der Waals surface area contributed by atoms with E-state index in [0.29, 0.717) is 5.88 Å². The third kappa shape index (κ3) is 1.63. The number of nitrogens with one attached hydrogen (secondary N) is 1. The first-order valence-electron chi connectivity index (χ1n) is 2.88. The van der Waals surface area contributed by atoms with Gasteiger partial charge in [-0.2, -0.15) is 0 Å². The number of hydrogen-bond donors (Lipinski definition) is 2. The highest BCUT2D eigenvalue weighted by molar-refractivity contribution is 8.01. The van der Waals surface area contributed by atoms with Gasteiger partial charge in [-0.15, -0.1) is 11.8 Å². The zero-order valence-electron chi connectivity index (χ0n) is 5.29. The molecule has 0 bridgehead atoms. The highest BCUT2D eigenvalue weighted by atomic mass is 32.2. The number of rotatable bonds is 2. The van der Waals surface area contributed by atoms with Crippen LogP contribution in [0.2, 0.25) is 0 Å². The van der Waals surface area contributed by atoms with Gasteiger partial charge in [0, 0.05) is 6.42 Å². The molecule has 0 unspecified atom stereocenters. The Kier molecular flexibility index (Phi) is 2.16. The van der Waals surface area contributed by atoms with Crippen molar-refractivity contribution >= 4 is 23.6 Å². The Bertz CT molecular complexity index is 171. The second kappa shape index (κ2) is 2.92. The maximum atomic E-state index is 10.8. The summed E-state index contributed by atoms with van der Waals surface area (Å²) in [5.41, 5.74) is 4.90. The van der Waals surface area contributed by atoms with E-state index < -0.39 is 5.91 Å². The Morgan fingerprint density at radius 2 is 2.60 bits per heavy atom. The van der Waals surface area contributed by atoms with Crippen molar-refractivity contribution in [3.05, 3.63) is 0 Å². The molecule has 5 heteroatoms. The molecule has 0 aromatic carbocycles. The van der Waals surface area contributed by atoms with Crippen molar-refractivity contribution in [1.82, 2.24) is 5.32 Å². The van der Waals surface area contributed by atoms with E-state index in [4.69, 9.17) is 5.73 Å². The quantitative estimate of drug-likeness (QED) is 0.547. The molecule has 0 spiro atoms. The molecule has 1 atom stereocenters. The van der Waals surface area contributed by atoms with Gasteiger partial charge in [-0.1, -0.05) is 0 Å². The fourth-order valence-electron chi connectivity index (χ4n) is 0.737. The van der Waals surface area contributed by atoms with Crippen LogP contribution in [0, 0.1) is 0 Å². The summed E-state index contributed by atoms with van der Waals surface area (Å²) in [4.78, 5) is 21.1. The molecule has 1 fully saturated rings. The number of carbonyl (C=O) groups is 2. The van der Waals surface area contributed by atoms with Crippen LogP contribution in [0.1, 0.15) is 6.42 Å². The maximum absolute atomic E-state index is 10.8. The van der Waals surface area contributed by atoms with Crippen LogP contribution in [-0.4, -0.2) is 22.9 Å². The Balaban J connectivity index is 2.40. The molecular weight excluding hydrogens is 152 g/mol. The molecule has 1 aliphatic rings. The maximum Gasteiger partial charge on any atom is 0.234 e. The first-order chi connectivity index (χ1) is 4.70. The van der Waals surface area contributed by atoms with Crippen LogP contribution in [0.15, 0.2) is 0 Å². The summed E-state index contributed by atoms with van der Waals surface area (Å²) >= 11 is 1.42. The molecule has 56 valence electrons. The van der Waals surface area contributed by atoms with Crippen LogP contribution >= 0.6 is 11.8 Å². The van der Waals surface area contributed by atoms with Gasteiger partial charge in [0.25, 0.3) is 0 Å². The zero-order chi connectivity index (χ0) is 7.56. The predicted octanol–water partition coefficient (Wildman–Crippen LogP) is -0.949. The van der Waals surface area contributed by atoms with E-state index in [2.05, 4.69) is 5.32 Å². The molecule has 2 amide bonds. The Morgan fingerprint density at radius 3 is 3.00 bits per heavy atom. The van der Waals surface area contributed by atoms with E-state index >= 15 is 0 Å². The second-order valence-corrected chi connectivity index (χ2v) is 3.20. The van der Waals surface area contributed by atoms with E-state index in [-0.39, 0.29) is 17.6 Å². The molecule has 1 saturated heterocycles. The van der Waals surface area contributed by atoms with Crippen molar-refractivity contribution in [2.75, 3.05) is 5.88 Å². The summed E-state index contributed by atoms with van der Waals surface area (Å²) in [5.74, 6) is 0.0925. The Hall–Kier alpha value is -0.710. The normalized spacial score (nSPS) is 24.4. The molecular formula is C5H8N2O2S. The molecule has 0 aromatic heterocycles. The summed E-state index contributed by atoms with van der Waals surface area (Å²) in [5, 5.41) is 2.34. The largest absolute Gasteiger partial charge is 0.370 e. The summed E-state index contributed by atoms with van der Waals surface area (Å²) in [6.07, 6.45) is 0.149. The lowest BCUT2D eigenvalue weighted by atomic mass is 10.3. The van der Waals surface area contributed by atoms with Crippen LogP contribution in [0.3, 0.4) is 0 Å². The molecule has 0 saturated carbocycles. The van der Waals surface area contributed by atoms with Crippen LogP contribution in [0.5, 0.6) is 0 Å². The Morgan fingerprint density at radius 1 is 1.90 bits per heavy atom. The van der Waals surface area contributed by atoms with Crippen LogP contribution < -0.4 is 11.1 Å². The summed E-state index contributed by atoms with van der Waals surface area (Å²) in [7, 11) is 0. The fraction of sp³-hybridized carbons (Fsp3) is 0.600. The van der Waals surface area contributed by atoms with Crippen molar-refractivity contribution in [2.24, 2.45) is 5.73 Å². The minimum Gasteiger partial charge on any atom is -0.370 e. The third-order valence-corrected chi connectivity index (χ3v) is 2.30. The smallest absolute Gasteiger partial charge is 0.234 e. The SMILES string of the molecule is NC(=O)C[C@H]1SCNC1=O. The molecule has 1 rings (SSSR count). The molecule has 10 heavy (non-hydrogen) atoms.